The van der Waals surface area contributed by atoms with Crippen LogP contribution in [0.4, 0.5) is 10.5 Å². The van der Waals surface area contributed by atoms with Gasteiger partial charge >= 0.3 is 12.0 Å². The molecule has 0 aliphatic heterocycles. The van der Waals surface area contributed by atoms with Gasteiger partial charge in [-0.1, -0.05) is 0 Å². The summed E-state index contributed by atoms with van der Waals surface area (Å²) in [6, 6.07) is 1.41. The Balaban J connectivity index is 2.01. The third-order valence-corrected chi connectivity index (χ3v) is 3.07. The van der Waals surface area contributed by atoms with Crippen molar-refractivity contribution in [3.63, 3.8) is 0 Å². The molecule has 0 saturated heterocycles. The van der Waals surface area contributed by atoms with Gasteiger partial charge in [0.1, 0.15) is 6.54 Å². The van der Waals surface area contributed by atoms with Gasteiger partial charge < -0.3 is 15.3 Å². The first-order chi connectivity index (χ1) is 9.06. The number of carbonyl (C=O) groups excluding carboxylic acids is 1. The molecule has 2 N–H and O–H groups in total. The maximum atomic E-state index is 12.1. The molecule has 1 aliphatic rings. The summed E-state index contributed by atoms with van der Waals surface area (Å²) in [5, 5.41) is 11.6. The van der Waals surface area contributed by atoms with Crippen LogP contribution in [0.3, 0.4) is 0 Å². The van der Waals surface area contributed by atoms with Crippen molar-refractivity contribution >= 4 is 17.7 Å². The highest BCUT2D eigenvalue weighted by atomic mass is 16.4. The van der Waals surface area contributed by atoms with Gasteiger partial charge in [-0.05, 0) is 37.3 Å². The molecule has 0 radical (unpaired) electrons. The lowest BCUT2D eigenvalue weighted by atomic mass is 10.2. The monoisotopic (exact) mass is 263 g/mol. The third kappa shape index (κ3) is 3.94. The number of carboxylic acid groups (broad SMARTS) is 1. The van der Waals surface area contributed by atoms with Crippen LogP contribution in [-0.4, -0.2) is 40.1 Å². The number of nitrogens with zero attached hydrogens (tertiary/aromatic N) is 2. The van der Waals surface area contributed by atoms with Crippen LogP contribution in [0.5, 0.6) is 0 Å². The molecule has 1 fully saturated rings. The van der Waals surface area contributed by atoms with Crippen LogP contribution in [0.15, 0.2) is 18.5 Å². The molecule has 2 rings (SSSR count). The summed E-state index contributed by atoms with van der Waals surface area (Å²) < 4.78 is 0. The second-order valence-corrected chi connectivity index (χ2v) is 4.84. The van der Waals surface area contributed by atoms with Gasteiger partial charge in [0.05, 0.1) is 11.9 Å². The largest absolute Gasteiger partial charge is 0.480 e. The van der Waals surface area contributed by atoms with E-state index >= 15 is 0 Å². The fraction of sp³-hybridized carbons (Fsp3) is 0.462. The maximum Gasteiger partial charge on any atom is 0.323 e. The topological polar surface area (TPSA) is 82.5 Å². The lowest BCUT2D eigenvalue weighted by Crippen LogP contribution is -2.40. The summed E-state index contributed by atoms with van der Waals surface area (Å²) in [6.45, 7) is 2.08. The van der Waals surface area contributed by atoms with E-state index in [4.69, 9.17) is 5.11 Å². The molecule has 1 aliphatic carbocycles. The first-order valence-corrected chi connectivity index (χ1v) is 6.24. The Morgan fingerprint density at radius 1 is 1.53 bits per heavy atom. The molecule has 0 atom stereocenters. The summed E-state index contributed by atoms with van der Waals surface area (Å²) in [7, 11) is 0. The number of nitrogens with one attached hydrogen (secondary N) is 1. The van der Waals surface area contributed by atoms with Gasteiger partial charge in [0.15, 0.2) is 0 Å². The van der Waals surface area contributed by atoms with Gasteiger partial charge in [0.2, 0.25) is 0 Å². The minimum absolute atomic E-state index is 0.276. The molecular formula is C13H17N3O3. The van der Waals surface area contributed by atoms with E-state index in [2.05, 4.69) is 10.3 Å². The number of pyridine rings is 1. The van der Waals surface area contributed by atoms with Crippen LogP contribution in [0.1, 0.15) is 18.4 Å². The van der Waals surface area contributed by atoms with Crippen molar-refractivity contribution in [2.45, 2.75) is 19.8 Å². The number of anilines is 1. The highest BCUT2D eigenvalue weighted by molar-refractivity contribution is 5.91. The molecule has 0 spiro atoms. The van der Waals surface area contributed by atoms with E-state index in [0.717, 1.165) is 18.4 Å². The average molecular weight is 263 g/mol. The summed E-state index contributed by atoms with van der Waals surface area (Å²) >= 11 is 0. The second-order valence-electron chi connectivity index (χ2n) is 4.84. The van der Waals surface area contributed by atoms with Crippen molar-refractivity contribution in [3.05, 3.63) is 24.0 Å². The van der Waals surface area contributed by atoms with Crippen LogP contribution in [-0.2, 0) is 4.79 Å². The highest BCUT2D eigenvalue weighted by Gasteiger charge is 2.28. The molecule has 6 nitrogen and oxygen atoms in total. The zero-order valence-corrected chi connectivity index (χ0v) is 10.8. The number of aromatic nitrogens is 1. The summed E-state index contributed by atoms with van der Waals surface area (Å²) in [4.78, 5) is 28.2. The molecule has 6 heteroatoms. The zero-order chi connectivity index (χ0) is 13.8. The van der Waals surface area contributed by atoms with Crippen LogP contribution in [0, 0.1) is 12.8 Å². The molecule has 1 aromatic heterocycles. The Bertz CT molecular complexity index is 486. The van der Waals surface area contributed by atoms with Crippen molar-refractivity contribution in [2.24, 2.45) is 5.92 Å². The minimum Gasteiger partial charge on any atom is -0.480 e. The number of aliphatic carboxylic acids is 1. The predicted molar refractivity (Wildman–Crippen MR) is 69.9 cm³/mol. The van der Waals surface area contributed by atoms with Crippen molar-refractivity contribution < 1.29 is 14.7 Å². The molecule has 1 saturated carbocycles. The maximum absolute atomic E-state index is 12.1. The summed E-state index contributed by atoms with van der Waals surface area (Å²) in [6.07, 6.45) is 5.33. The molecule has 0 bridgehead atoms. The fourth-order valence-electron chi connectivity index (χ4n) is 1.78. The van der Waals surface area contributed by atoms with E-state index in [1.54, 1.807) is 18.5 Å². The fourth-order valence-corrected chi connectivity index (χ4v) is 1.78. The van der Waals surface area contributed by atoms with Gasteiger partial charge in [-0.15, -0.1) is 0 Å². The average Bonchev–Trinajstić information content (AvgIpc) is 3.14. The normalized spacial score (nSPS) is 13.9. The van der Waals surface area contributed by atoms with Crippen molar-refractivity contribution in [3.8, 4) is 0 Å². The van der Waals surface area contributed by atoms with E-state index in [9.17, 15) is 9.59 Å². The van der Waals surface area contributed by atoms with Crippen LogP contribution in [0.2, 0.25) is 0 Å². The smallest absolute Gasteiger partial charge is 0.323 e. The van der Waals surface area contributed by atoms with Crippen molar-refractivity contribution in [1.29, 1.82) is 0 Å². The van der Waals surface area contributed by atoms with Gasteiger partial charge in [0.25, 0.3) is 0 Å². The van der Waals surface area contributed by atoms with E-state index in [0.29, 0.717) is 18.2 Å². The zero-order valence-electron chi connectivity index (χ0n) is 10.8. The number of rotatable bonds is 5. The molecule has 102 valence electrons. The number of carboxylic acids is 1. The standard InChI is InChI=1S/C13H17N3O3/c1-9-4-5-14-6-11(9)15-13(19)16(8-12(17)18)7-10-2-3-10/h4-6,10H,2-3,7-8H2,1H3,(H,15,19)(H,17,18). The molecule has 19 heavy (non-hydrogen) atoms. The summed E-state index contributed by atoms with van der Waals surface area (Å²) in [5.41, 5.74) is 1.50. The summed E-state index contributed by atoms with van der Waals surface area (Å²) in [5.74, 6) is -0.557. The molecule has 0 unspecified atom stereocenters. The number of amides is 2. The Hall–Kier alpha value is -2.11. The lowest BCUT2D eigenvalue weighted by molar-refractivity contribution is -0.137. The molecule has 1 aromatic rings. The molecule has 0 aromatic carbocycles. The predicted octanol–water partition coefficient (Wildman–Crippen LogP) is 1.72. The van der Waals surface area contributed by atoms with Gasteiger partial charge in [0, 0.05) is 12.7 Å². The van der Waals surface area contributed by atoms with Gasteiger partial charge in [-0.2, -0.15) is 0 Å². The molecular weight excluding hydrogens is 246 g/mol. The number of hydrogen-bond acceptors (Lipinski definition) is 3. The van der Waals surface area contributed by atoms with Crippen molar-refractivity contribution in [2.75, 3.05) is 18.4 Å². The minimum atomic E-state index is -1.00. The number of carbonyl (C=O) groups is 2. The van der Waals surface area contributed by atoms with Crippen LogP contribution < -0.4 is 5.32 Å². The quantitative estimate of drug-likeness (QED) is 0.847. The molecule has 1 heterocycles. The molecule has 2 amide bonds. The van der Waals surface area contributed by atoms with E-state index < -0.39 is 5.97 Å². The SMILES string of the molecule is Cc1ccncc1NC(=O)N(CC(=O)O)CC1CC1. The third-order valence-electron chi connectivity index (χ3n) is 3.07. The van der Waals surface area contributed by atoms with E-state index in [-0.39, 0.29) is 12.6 Å². The van der Waals surface area contributed by atoms with Crippen LogP contribution >= 0.6 is 0 Å². The van der Waals surface area contributed by atoms with Gasteiger partial charge in [-0.3, -0.25) is 9.78 Å². The first kappa shape index (κ1) is 13.3. The number of hydrogen-bond donors (Lipinski definition) is 2. The van der Waals surface area contributed by atoms with E-state index in [1.165, 1.54) is 4.90 Å². The van der Waals surface area contributed by atoms with Crippen LogP contribution in [0.25, 0.3) is 0 Å². The lowest BCUT2D eigenvalue weighted by Gasteiger charge is -2.21. The van der Waals surface area contributed by atoms with E-state index in [1.807, 2.05) is 6.92 Å². The Morgan fingerprint density at radius 2 is 2.26 bits per heavy atom. The Labute approximate surface area is 111 Å². The Kier molecular flexibility index (Phi) is 3.99. The van der Waals surface area contributed by atoms with Gasteiger partial charge in [-0.25, -0.2) is 4.79 Å². The Morgan fingerprint density at radius 3 is 2.84 bits per heavy atom. The number of aryl methyl sites for hydroxylation is 1. The second kappa shape index (κ2) is 5.69. The first-order valence-electron chi connectivity index (χ1n) is 6.24. The number of urea groups is 1. The highest BCUT2D eigenvalue weighted by Crippen LogP contribution is 2.29. The van der Waals surface area contributed by atoms with Crippen molar-refractivity contribution in [1.82, 2.24) is 9.88 Å².